The van der Waals surface area contributed by atoms with Crippen LogP contribution in [0.25, 0.3) is 0 Å². The normalized spacial score (nSPS) is 11.9. The maximum absolute atomic E-state index is 13.0. The molecule has 0 spiro atoms. The molecular weight excluding hydrogens is 450 g/mol. The van der Waals surface area contributed by atoms with Gasteiger partial charge < -0.3 is 20.3 Å². The van der Waals surface area contributed by atoms with Crippen LogP contribution in [0.5, 0.6) is 5.75 Å². The van der Waals surface area contributed by atoms with Gasteiger partial charge in [0.05, 0.1) is 12.6 Å². The number of nitrogens with zero attached hydrogens (tertiary/aromatic N) is 1. The molecule has 6 heteroatoms. The van der Waals surface area contributed by atoms with Crippen LogP contribution in [0.2, 0.25) is 0 Å². The maximum Gasteiger partial charge on any atom is 0.251 e. The summed E-state index contributed by atoms with van der Waals surface area (Å²) in [6.07, 6.45) is 4.87. The lowest BCUT2D eigenvalue weighted by Gasteiger charge is -2.19. The van der Waals surface area contributed by atoms with Crippen LogP contribution < -0.4 is 15.4 Å². The minimum absolute atomic E-state index is 0.0612. The van der Waals surface area contributed by atoms with Gasteiger partial charge in [0.1, 0.15) is 5.75 Å². The average Bonchev–Trinajstić information content (AvgIpc) is 2.91. The molecule has 1 amide bonds. The van der Waals surface area contributed by atoms with E-state index in [1.807, 2.05) is 42.5 Å². The van der Waals surface area contributed by atoms with Gasteiger partial charge in [-0.1, -0.05) is 51.1 Å². The first-order valence-corrected chi connectivity index (χ1v) is 13.6. The Hall–Kier alpha value is -2.70. The van der Waals surface area contributed by atoms with Crippen molar-refractivity contribution in [3.8, 4) is 5.75 Å². The summed E-state index contributed by atoms with van der Waals surface area (Å²) >= 11 is 0. The van der Waals surface area contributed by atoms with Gasteiger partial charge in [-0.05, 0) is 94.7 Å². The van der Waals surface area contributed by atoms with E-state index in [1.165, 1.54) is 0 Å². The zero-order valence-electron chi connectivity index (χ0n) is 22.4. The molecule has 0 aliphatic rings. The quantitative estimate of drug-likeness (QED) is 0.272. The first kappa shape index (κ1) is 29.5. The van der Waals surface area contributed by atoms with E-state index in [9.17, 15) is 9.59 Å². The van der Waals surface area contributed by atoms with E-state index in [0.717, 1.165) is 69.7 Å². The number of benzene rings is 2. The standard InChI is InChI=1S/C30H45N3O3/c1-4-20-31-21-12-15-29(34)28(32-30(35)26-13-8-7-9-14-26)24-25-16-18-27(19-17-25)36-23-11-10-22-33(5-2)6-3/h7-9,13-14,16-19,28,31H,4-6,10-12,15,20-24H2,1-3H3,(H,32,35). The van der Waals surface area contributed by atoms with Crippen molar-refractivity contribution in [3.63, 3.8) is 0 Å². The number of unbranched alkanes of at least 4 members (excludes halogenated alkanes) is 1. The van der Waals surface area contributed by atoms with Crippen molar-refractivity contribution >= 4 is 11.7 Å². The Morgan fingerprint density at radius 1 is 0.889 bits per heavy atom. The number of carbonyl (C=O) groups is 2. The number of nitrogens with one attached hydrogen (secondary N) is 2. The second kappa shape index (κ2) is 17.7. The molecule has 2 aromatic rings. The summed E-state index contributed by atoms with van der Waals surface area (Å²) in [5.74, 6) is 0.675. The Labute approximate surface area is 217 Å². The molecule has 0 radical (unpaired) electrons. The van der Waals surface area contributed by atoms with Crippen LogP contribution >= 0.6 is 0 Å². The molecule has 36 heavy (non-hydrogen) atoms. The number of amides is 1. The zero-order valence-corrected chi connectivity index (χ0v) is 22.4. The van der Waals surface area contributed by atoms with Gasteiger partial charge >= 0.3 is 0 Å². The summed E-state index contributed by atoms with van der Waals surface area (Å²) in [7, 11) is 0. The molecule has 6 nitrogen and oxygen atoms in total. The molecule has 0 saturated heterocycles. The lowest BCUT2D eigenvalue weighted by molar-refractivity contribution is -0.121. The van der Waals surface area contributed by atoms with Crippen molar-refractivity contribution in [1.82, 2.24) is 15.5 Å². The second-order valence-corrected chi connectivity index (χ2v) is 9.14. The summed E-state index contributed by atoms with van der Waals surface area (Å²) in [5.41, 5.74) is 1.56. The number of ether oxygens (including phenoxy) is 1. The molecule has 0 aromatic heterocycles. The van der Waals surface area contributed by atoms with Gasteiger partial charge in [0.2, 0.25) is 0 Å². The Kier molecular flexibility index (Phi) is 14.5. The number of carbonyl (C=O) groups excluding carboxylic acids is 2. The van der Waals surface area contributed by atoms with E-state index < -0.39 is 6.04 Å². The third-order valence-electron chi connectivity index (χ3n) is 6.33. The molecule has 0 aliphatic carbocycles. The summed E-state index contributed by atoms with van der Waals surface area (Å²) < 4.78 is 5.91. The van der Waals surface area contributed by atoms with E-state index in [4.69, 9.17) is 4.74 Å². The monoisotopic (exact) mass is 495 g/mol. The van der Waals surface area contributed by atoms with Gasteiger partial charge in [-0.25, -0.2) is 0 Å². The zero-order chi connectivity index (χ0) is 26.0. The highest BCUT2D eigenvalue weighted by molar-refractivity contribution is 5.98. The molecule has 2 aromatic carbocycles. The number of hydrogen-bond acceptors (Lipinski definition) is 5. The third-order valence-corrected chi connectivity index (χ3v) is 6.33. The van der Waals surface area contributed by atoms with Crippen LogP contribution in [-0.4, -0.2) is 62.0 Å². The van der Waals surface area contributed by atoms with Crippen molar-refractivity contribution in [1.29, 1.82) is 0 Å². The van der Waals surface area contributed by atoms with E-state index in [-0.39, 0.29) is 11.7 Å². The van der Waals surface area contributed by atoms with E-state index in [1.54, 1.807) is 12.1 Å². The molecule has 2 rings (SSSR count). The van der Waals surface area contributed by atoms with Gasteiger partial charge in [0.25, 0.3) is 5.91 Å². The predicted molar refractivity (Wildman–Crippen MR) is 148 cm³/mol. The molecule has 198 valence electrons. The van der Waals surface area contributed by atoms with Crippen molar-refractivity contribution in [2.45, 2.75) is 65.3 Å². The smallest absolute Gasteiger partial charge is 0.251 e. The fourth-order valence-electron chi connectivity index (χ4n) is 4.06. The van der Waals surface area contributed by atoms with Crippen LogP contribution in [0, 0.1) is 0 Å². The fourth-order valence-corrected chi connectivity index (χ4v) is 4.06. The largest absolute Gasteiger partial charge is 0.494 e. The summed E-state index contributed by atoms with van der Waals surface area (Å²) in [5, 5.41) is 6.30. The topological polar surface area (TPSA) is 70.7 Å². The first-order chi connectivity index (χ1) is 17.6. The summed E-state index contributed by atoms with van der Waals surface area (Å²) in [6, 6.07) is 16.4. The van der Waals surface area contributed by atoms with Gasteiger partial charge in [-0.15, -0.1) is 0 Å². The van der Waals surface area contributed by atoms with Gasteiger partial charge in [0, 0.05) is 12.0 Å². The van der Waals surface area contributed by atoms with Crippen LogP contribution in [-0.2, 0) is 11.2 Å². The molecule has 1 unspecified atom stereocenters. The molecule has 0 fully saturated rings. The number of rotatable bonds is 19. The van der Waals surface area contributed by atoms with Gasteiger partial charge in [-0.2, -0.15) is 0 Å². The highest BCUT2D eigenvalue weighted by atomic mass is 16.5. The first-order valence-electron chi connectivity index (χ1n) is 13.6. The van der Waals surface area contributed by atoms with E-state index in [0.29, 0.717) is 25.0 Å². The van der Waals surface area contributed by atoms with E-state index >= 15 is 0 Å². The second-order valence-electron chi connectivity index (χ2n) is 9.14. The number of hydrogen-bond donors (Lipinski definition) is 2. The highest BCUT2D eigenvalue weighted by Crippen LogP contribution is 2.15. The lowest BCUT2D eigenvalue weighted by Crippen LogP contribution is -2.42. The molecule has 0 bridgehead atoms. The van der Waals surface area contributed by atoms with E-state index in [2.05, 4.69) is 36.3 Å². The molecule has 1 atom stereocenters. The maximum atomic E-state index is 13.0. The minimum atomic E-state index is -0.560. The average molecular weight is 496 g/mol. The van der Waals surface area contributed by atoms with Crippen LogP contribution in [0.15, 0.2) is 54.6 Å². The molecule has 0 aliphatic heterocycles. The SMILES string of the molecule is CCCNCCCC(=O)C(Cc1ccc(OCCCCN(CC)CC)cc1)NC(=O)c1ccccc1. The van der Waals surface area contributed by atoms with Crippen molar-refractivity contribution in [3.05, 3.63) is 65.7 Å². The molecule has 0 heterocycles. The predicted octanol–water partition coefficient (Wildman–Crippen LogP) is 4.88. The Morgan fingerprint density at radius 3 is 2.28 bits per heavy atom. The molecule has 2 N–H and O–H groups in total. The Balaban J connectivity index is 1.90. The minimum Gasteiger partial charge on any atom is -0.494 e. The van der Waals surface area contributed by atoms with Gasteiger partial charge in [0.15, 0.2) is 5.78 Å². The van der Waals surface area contributed by atoms with Gasteiger partial charge in [-0.3, -0.25) is 9.59 Å². The van der Waals surface area contributed by atoms with Crippen LogP contribution in [0.4, 0.5) is 0 Å². The summed E-state index contributed by atoms with van der Waals surface area (Å²) in [4.78, 5) is 28.2. The fraction of sp³-hybridized carbons (Fsp3) is 0.533. The van der Waals surface area contributed by atoms with Crippen LogP contribution in [0.1, 0.15) is 68.8 Å². The number of Topliss-reactive ketones (excluding diaryl/α,β-unsaturated/α-hetero) is 1. The third kappa shape index (κ3) is 11.4. The van der Waals surface area contributed by atoms with Crippen molar-refractivity contribution < 1.29 is 14.3 Å². The Bertz CT molecular complexity index is 867. The van der Waals surface area contributed by atoms with Crippen molar-refractivity contribution in [2.24, 2.45) is 0 Å². The Morgan fingerprint density at radius 2 is 1.61 bits per heavy atom. The van der Waals surface area contributed by atoms with Crippen molar-refractivity contribution in [2.75, 3.05) is 39.3 Å². The highest BCUT2D eigenvalue weighted by Gasteiger charge is 2.21. The summed E-state index contributed by atoms with van der Waals surface area (Å²) in [6.45, 7) is 12.2. The molecule has 0 saturated carbocycles. The molecular formula is C30H45N3O3. The van der Waals surface area contributed by atoms with Crippen LogP contribution in [0.3, 0.4) is 0 Å². The lowest BCUT2D eigenvalue weighted by atomic mass is 9.99. The number of ketones is 1.